The van der Waals surface area contributed by atoms with Crippen molar-refractivity contribution in [2.75, 3.05) is 6.61 Å². The predicted octanol–water partition coefficient (Wildman–Crippen LogP) is 5.84. The van der Waals surface area contributed by atoms with Crippen LogP contribution in [0.4, 0.5) is 4.39 Å². The van der Waals surface area contributed by atoms with Gasteiger partial charge in [-0.3, -0.25) is 4.79 Å². The van der Waals surface area contributed by atoms with Crippen LogP contribution >= 0.6 is 0 Å². The monoisotopic (exact) mass is 386 g/mol. The summed E-state index contributed by atoms with van der Waals surface area (Å²) >= 11 is 0. The van der Waals surface area contributed by atoms with Crippen LogP contribution in [0.5, 0.6) is 11.5 Å². The summed E-state index contributed by atoms with van der Waals surface area (Å²) in [6.45, 7) is 2.22. The smallest absolute Gasteiger partial charge is 0.232 e. The zero-order chi connectivity index (χ0) is 20.2. The second-order valence-corrected chi connectivity index (χ2v) is 6.70. The number of benzene rings is 3. The summed E-state index contributed by atoms with van der Waals surface area (Å²) < 4.78 is 25.4. The largest absolute Gasteiger partial charge is 0.489 e. The second-order valence-electron chi connectivity index (χ2n) is 6.70. The van der Waals surface area contributed by atoms with E-state index in [-0.39, 0.29) is 11.5 Å². The van der Waals surface area contributed by atoms with Crippen molar-refractivity contribution in [1.29, 1.82) is 0 Å². The van der Waals surface area contributed by atoms with Gasteiger partial charge in [0, 0.05) is 11.6 Å². The second kappa shape index (κ2) is 8.15. The molecule has 0 aromatic heterocycles. The van der Waals surface area contributed by atoms with Gasteiger partial charge < -0.3 is 9.47 Å². The highest BCUT2D eigenvalue weighted by Crippen LogP contribution is 2.37. The predicted molar refractivity (Wildman–Crippen MR) is 111 cm³/mol. The van der Waals surface area contributed by atoms with E-state index in [2.05, 4.69) is 0 Å². The maximum Gasteiger partial charge on any atom is 0.232 e. The normalized spacial score (nSPS) is 14.3. The third kappa shape index (κ3) is 4.11. The van der Waals surface area contributed by atoms with Crippen LogP contribution in [0.1, 0.15) is 27.0 Å². The van der Waals surface area contributed by atoms with Crippen LogP contribution < -0.4 is 9.47 Å². The lowest BCUT2D eigenvalue weighted by molar-refractivity contribution is 0.101. The molecule has 3 aromatic rings. The van der Waals surface area contributed by atoms with E-state index in [1.165, 1.54) is 12.1 Å². The number of halogens is 1. The molecule has 29 heavy (non-hydrogen) atoms. The molecule has 1 heterocycles. The highest BCUT2D eigenvalue weighted by atomic mass is 19.1. The van der Waals surface area contributed by atoms with Gasteiger partial charge in [-0.25, -0.2) is 4.39 Å². The van der Waals surface area contributed by atoms with Crippen molar-refractivity contribution >= 4 is 17.9 Å². The third-order valence-electron chi connectivity index (χ3n) is 4.59. The summed E-state index contributed by atoms with van der Waals surface area (Å²) in [6.07, 6.45) is 5.34. The van der Waals surface area contributed by atoms with Crippen molar-refractivity contribution < 1.29 is 18.7 Å². The Balaban J connectivity index is 1.50. The molecule has 0 atom stereocenters. The van der Waals surface area contributed by atoms with E-state index in [1.54, 1.807) is 24.3 Å². The first-order chi connectivity index (χ1) is 14.1. The van der Waals surface area contributed by atoms with Crippen molar-refractivity contribution in [2.24, 2.45) is 0 Å². The quantitative estimate of drug-likeness (QED) is 0.517. The van der Waals surface area contributed by atoms with Crippen molar-refractivity contribution in [3.8, 4) is 11.5 Å². The molecule has 3 aromatic carbocycles. The van der Waals surface area contributed by atoms with Crippen LogP contribution in [0.2, 0.25) is 0 Å². The molecule has 144 valence electrons. The minimum absolute atomic E-state index is 0.106. The Kier molecular flexibility index (Phi) is 5.25. The number of Topliss-reactive ketones (excluding diaryl/α,β-unsaturated/α-hetero) is 1. The van der Waals surface area contributed by atoms with Crippen LogP contribution in [0.3, 0.4) is 0 Å². The van der Waals surface area contributed by atoms with Gasteiger partial charge in [0.25, 0.3) is 0 Å². The fourth-order valence-electron chi connectivity index (χ4n) is 3.19. The molecule has 0 fully saturated rings. The van der Waals surface area contributed by atoms with Gasteiger partial charge in [-0.15, -0.1) is 0 Å². The van der Waals surface area contributed by atoms with Gasteiger partial charge in [0.05, 0.1) is 5.56 Å². The van der Waals surface area contributed by atoms with Crippen molar-refractivity contribution in [1.82, 2.24) is 0 Å². The van der Waals surface area contributed by atoms with Crippen LogP contribution in [0, 0.1) is 12.7 Å². The third-order valence-corrected chi connectivity index (χ3v) is 4.59. The fraction of sp³-hybridized carbons (Fsp3) is 0.0800. The van der Waals surface area contributed by atoms with E-state index in [1.807, 2.05) is 55.5 Å². The number of allylic oxidation sites excluding steroid dienone is 1. The van der Waals surface area contributed by atoms with Crippen LogP contribution in [0.25, 0.3) is 12.2 Å². The number of fused-ring (bicyclic) bond motifs is 1. The lowest BCUT2D eigenvalue weighted by Gasteiger charge is -2.07. The molecule has 0 radical (unpaired) electrons. The Morgan fingerprint density at radius 3 is 2.59 bits per heavy atom. The van der Waals surface area contributed by atoms with E-state index in [0.717, 1.165) is 11.1 Å². The van der Waals surface area contributed by atoms with Gasteiger partial charge in [-0.1, -0.05) is 54.6 Å². The lowest BCUT2D eigenvalue weighted by atomic mass is 10.0. The van der Waals surface area contributed by atoms with E-state index >= 15 is 0 Å². The molecular weight excluding hydrogens is 367 g/mol. The Labute approximate surface area is 168 Å². The summed E-state index contributed by atoms with van der Waals surface area (Å²) in [5.74, 6) is 0.488. The highest BCUT2D eigenvalue weighted by Gasteiger charge is 2.30. The van der Waals surface area contributed by atoms with Gasteiger partial charge >= 0.3 is 0 Å². The topological polar surface area (TPSA) is 35.5 Å². The molecule has 0 N–H and O–H groups in total. The number of ether oxygens (including phenoxy) is 2. The zero-order valence-electron chi connectivity index (χ0n) is 15.9. The molecule has 0 spiro atoms. The number of hydrogen-bond acceptors (Lipinski definition) is 3. The number of carbonyl (C=O) groups excluding carboxylic acids is 1. The van der Waals surface area contributed by atoms with Crippen LogP contribution in [0.15, 0.2) is 78.6 Å². The number of hydrogen-bond donors (Lipinski definition) is 0. The summed E-state index contributed by atoms with van der Waals surface area (Å²) in [4.78, 5) is 12.7. The van der Waals surface area contributed by atoms with Crippen LogP contribution in [-0.2, 0) is 0 Å². The number of aryl methyl sites for hydroxylation is 1. The van der Waals surface area contributed by atoms with Gasteiger partial charge in [-0.05, 0) is 42.3 Å². The van der Waals surface area contributed by atoms with Gasteiger partial charge in [-0.2, -0.15) is 0 Å². The van der Waals surface area contributed by atoms with E-state index in [0.29, 0.717) is 29.2 Å². The average molecular weight is 386 g/mol. The number of carbonyl (C=O) groups is 1. The minimum Gasteiger partial charge on any atom is -0.489 e. The van der Waals surface area contributed by atoms with Crippen molar-refractivity contribution in [3.05, 3.63) is 107 Å². The SMILES string of the molecule is Cc1cc(OC/C=C/c2ccccc2)cc2c1C(=O)/C(=C/c1ccccc1F)O2. The molecule has 0 saturated heterocycles. The summed E-state index contributed by atoms with van der Waals surface area (Å²) in [5.41, 5.74) is 2.65. The van der Waals surface area contributed by atoms with Gasteiger partial charge in [0.1, 0.15) is 23.9 Å². The fourth-order valence-corrected chi connectivity index (χ4v) is 3.19. The maximum atomic E-state index is 13.9. The van der Waals surface area contributed by atoms with Crippen molar-refractivity contribution in [3.63, 3.8) is 0 Å². The Morgan fingerprint density at radius 2 is 1.79 bits per heavy atom. The van der Waals surface area contributed by atoms with Gasteiger partial charge in [0.15, 0.2) is 5.76 Å². The molecule has 3 nitrogen and oxygen atoms in total. The first kappa shape index (κ1) is 18.7. The first-order valence-corrected chi connectivity index (χ1v) is 9.29. The minimum atomic E-state index is -0.404. The average Bonchev–Trinajstić information content (AvgIpc) is 3.03. The Bertz CT molecular complexity index is 1110. The summed E-state index contributed by atoms with van der Waals surface area (Å²) in [7, 11) is 0. The van der Waals surface area contributed by atoms with E-state index in [4.69, 9.17) is 9.47 Å². The summed E-state index contributed by atoms with van der Waals surface area (Å²) in [6, 6.07) is 19.7. The van der Waals surface area contributed by atoms with E-state index < -0.39 is 5.82 Å². The number of rotatable bonds is 5. The molecule has 0 bridgehead atoms. The molecule has 4 heteroatoms. The van der Waals surface area contributed by atoms with Crippen molar-refractivity contribution in [2.45, 2.75) is 6.92 Å². The van der Waals surface area contributed by atoms with E-state index in [9.17, 15) is 9.18 Å². The maximum absolute atomic E-state index is 13.9. The standard InChI is InChI=1S/C25H19FO3/c1-17-14-20(28-13-7-10-18-8-3-2-4-9-18)16-22-24(17)25(27)23(29-22)15-19-11-5-6-12-21(19)26/h2-12,14-16H,13H2,1H3/b10-7+,23-15-. The molecule has 1 aliphatic heterocycles. The molecule has 4 rings (SSSR count). The summed E-state index contributed by atoms with van der Waals surface area (Å²) in [5, 5.41) is 0. The lowest BCUT2D eigenvalue weighted by Crippen LogP contribution is -2.00. The Hall–Kier alpha value is -3.66. The molecule has 0 aliphatic carbocycles. The van der Waals surface area contributed by atoms with Crippen LogP contribution in [-0.4, -0.2) is 12.4 Å². The molecule has 1 aliphatic rings. The molecule has 0 amide bonds. The zero-order valence-corrected chi connectivity index (χ0v) is 15.9. The van der Waals surface area contributed by atoms with Gasteiger partial charge in [0.2, 0.25) is 5.78 Å². The molecule has 0 unspecified atom stereocenters. The Morgan fingerprint density at radius 1 is 1.03 bits per heavy atom. The molecular formula is C25H19FO3. The first-order valence-electron chi connectivity index (χ1n) is 9.29. The molecule has 0 saturated carbocycles. The highest BCUT2D eigenvalue weighted by molar-refractivity contribution is 6.15. The number of ketones is 1.